The first-order valence-electron chi connectivity index (χ1n) is 8.52. The van der Waals surface area contributed by atoms with Gasteiger partial charge in [-0.15, -0.1) is 6.58 Å². The molecule has 0 radical (unpaired) electrons. The molecule has 1 aliphatic heterocycles. The van der Waals surface area contributed by atoms with Crippen molar-refractivity contribution in [2.75, 3.05) is 25.2 Å². The van der Waals surface area contributed by atoms with Crippen LogP contribution in [0, 0.1) is 0 Å². The Morgan fingerprint density at radius 1 is 1.37 bits per heavy atom. The van der Waals surface area contributed by atoms with Crippen LogP contribution in [0.3, 0.4) is 0 Å². The lowest BCUT2D eigenvalue weighted by Gasteiger charge is -2.29. The molecule has 0 fully saturated rings. The molecule has 1 aliphatic rings. The number of anilines is 1. The number of hydrogen-bond acceptors (Lipinski definition) is 4. The van der Waals surface area contributed by atoms with E-state index in [1.54, 1.807) is 61.4 Å². The smallest absolute Gasteiger partial charge is 0.265 e. The van der Waals surface area contributed by atoms with Gasteiger partial charge in [-0.05, 0) is 35.9 Å². The maximum atomic E-state index is 13.0. The quantitative estimate of drug-likeness (QED) is 0.551. The van der Waals surface area contributed by atoms with E-state index in [4.69, 9.17) is 21.1 Å². The summed E-state index contributed by atoms with van der Waals surface area (Å²) < 4.78 is 10.6. The molecule has 140 valence electrons. The maximum absolute atomic E-state index is 13.0. The fraction of sp³-hybridized carbons (Fsp3) is 0.238. The van der Waals surface area contributed by atoms with Crippen molar-refractivity contribution in [1.82, 2.24) is 0 Å². The van der Waals surface area contributed by atoms with E-state index in [1.807, 2.05) is 0 Å². The Bertz CT molecular complexity index is 909. The van der Waals surface area contributed by atoms with E-state index in [2.05, 4.69) is 6.58 Å². The number of halogens is 1. The van der Waals surface area contributed by atoms with Crippen molar-refractivity contribution in [3.63, 3.8) is 0 Å². The van der Waals surface area contributed by atoms with Crippen LogP contribution in [0.25, 0.3) is 0 Å². The Morgan fingerprint density at radius 3 is 2.81 bits per heavy atom. The molecule has 0 spiro atoms. The molecule has 0 saturated carbocycles. The van der Waals surface area contributed by atoms with Crippen molar-refractivity contribution in [1.29, 1.82) is 0 Å². The molecular formula is C21H20ClNO4. The number of fused-ring (bicyclic) bond motifs is 1. The molecule has 27 heavy (non-hydrogen) atoms. The third kappa shape index (κ3) is 3.69. The topological polar surface area (TPSA) is 55.8 Å². The minimum atomic E-state index is -0.450. The Morgan fingerprint density at radius 2 is 2.15 bits per heavy atom. The van der Waals surface area contributed by atoms with Crippen LogP contribution in [-0.4, -0.2) is 32.0 Å². The summed E-state index contributed by atoms with van der Waals surface area (Å²) in [6.07, 6.45) is 1.64. The first-order chi connectivity index (χ1) is 13.0. The second kappa shape index (κ2) is 7.84. The molecular weight excluding hydrogens is 366 g/mol. The van der Waals surface area contributed by atoms with Crippen LogP contribution in [0.5, 0.6) is 11.5 Å². The maximum Gasteiger partial charge on any atom is 0.265 e. The highest BCUT2D eigenvalue weighted by Crippen LogP contribution is 2.35. The van der Waals surface area contributed by atoms with Gasteiger partial charge in [0.2, 0.25) is 0 Å². The molecule has 1 atom stereocenters. The molecule has 0 N–H and O–H groups in total. The predicted octanol–water partition coefficient (Wildman–Crippen LogP) is 4.25. The minimum absolute atomic E-state index is 0.0218. The van der Waals surface area contributed by atoms with Crippen molar-refractivity contribution in [2.24, 2.45) is 0 Å². The average molecular weight is 386 g/mol. The molecule has 1 amide bonds. The summed E-state index contributed by atoms with van der Waals surface area (Å²) in [6.45, 7) is 5.82. The molecule has 2 aromatic rings. The lowest BCUT2D eigenvalue weighted by Crippen LogP contribution is -2.39. The van der Waals surface area contributed by atoms with E-state index in [0.717, 1.165) is 5.56 Å². The first kappa shape index (κ1) is 19.0. The van der Waals surface area contributed by atoms with Crippen LogP contribution in [0.1, 0.15) is 28.8 Å². The van der Waals surface area contributed by atoms with Gasteiger partial charge in [0.15, 0.2) is 12.4 Å². The molecule has 6 heteroatoms. The molecule has 2 aromatic carbocycles. The number of carbonyl (C=O) groups excluding carboxylic acids is 2. The number of carbonyl (C=O) groups is 2. The zero-order valence-corrected chi connectivity index (χ0v) is 16.0. The number of hydrogen-bond donors (Lipinski definition) is 0. The second-order valence-corrected chi connectivity index (χ2v) is 6.64. The van der Waals surface area contributed by atoms with Crippen LogP contribution in [0.4, 0.5) is 5.69 Å². The van der Waals surface area contributed by atoms with Crippen LogP contribution in [0.15, 0.2) is 49.1 Å². The van der Waals surface area contributed by atoms with Gasteiger partial charge in [-0.25, -0.2) is 0 Å². The molecule has 5 nitrogen and oxygen atoms in total. The van der Waals surface area contributed by atoms with Crippen molar-refractivity contribution < 1.29 is 19.1 Å². The third-order valence-corrected chi connectivity index (χ3v) is 4.89. The lowest BCUT2D eigenvalue weighted by molar-refractivity contribution is -0.121. The Kier molecular flexibility index (Phi) is 5.51. The average Bonchev–Trinajstić information content (AvgIpc) is 2.68. The number of Topliss-reactive ketones (excluding diaryl/α,β-unsaturated/α-hetero) is 1. The van der Waals surface area contributed by atoms with Crippen LogP contribution in [0.2, 0.25) is 5.02 Å². The number of ketones is 1. The number of amides is 1. The van der Waals surface area contributed by atoms with E-state index < -0.39 is 5.92 Å². The lowest BCUT2D eigenvalue weighted by atomic mass is 9.91. The summed E-state index contributed by atoms with van der Waals surface area (Å²) in [7, 11) is 1.56. The van der Waals surface area contributed by atoms with Gasteiger partial charge in [0.1, 0.15) is 11.5 Å². The number of rotatable bonds is 6. The number of nitrogens with zero attached hydrogens (tertiary/aromatic N) is 1. The summed E-state index contributed by atoms with van der Waals surface area (Å²) >= 11 is 6.32. The zero-order chi connectivity index (χ0) is 19.6. The number of methoxy groups -OCH3 is 1. The van der Waals surface area contributed by atoms with Crippen molar-refractivity contribution >= 4 is 29.0 Å². The van der Waals surface area contributed by atoms with Gasteiger partial charge >= 0.3 is 0 Å². The van der Waals surface area contributed by atoms with Gasteiger partial charge in [-0.2, -0.15) is 0 Å². The molecule has 0 aliphatic carbocycles. The summed E-state index contributed by atoms with van der Waals surface area (Å²) in [5.74, 6) is 0.491. The van der Waals surface area contributed by atoms with Crippen LogP contribution in [-0.2, 0) is 4.79 Å². The van der Waals surface area contributed by atoms with E-state index in [9.17, 15) is 9.59 Å². The molecule has 0 aromatic heterocycles. The molecule has 3 rings (SSSR count). The normalized spacial score (nSPS) is 14.2. The van der Waals surface area contributed by atoms with Gasteiger partial charge in [-0.1, -0.05) is 30.7 Å². The third-order valence-electron chi connectivity index (χ3n) is 4.57. The fourth-order valence-corrected chi connectivity index (χ4v) is 3.40. The van der Waals surface area contributed by atoms with Gasteiger partial charge in [-0.3, -0.25) is 9.59 Å². The monoisotopic (exact) mass is 385 g/mol. The molecule has 1 heterocycles. The van der Waals surface area contributed by atoms with Crippen LogP contribution >= 0.6 is 11.6 Å². The van der Waals surface area contributed by atoms with Crippen molar-refractivity contribution in [3.8, 4) is 11.5 Å². The first-order valence-corrected chi connectivity index (χ1v) is 8.89. The largest absolute Gasteiger partial charge is 0.497 e. The van der Waals surface area contributed by atoms with E-state index in [1.165, 1.54) is 0 Å². The summed E-state index contributed by atoms with van der Waals surface area (Å²) in [5, 5.41) is 0.472. The second-order valence-electron chi connectivity index (χ2n) is 6.24. The minimum Gasteiger partial charge on any atom is -0.497 e. The van der Waals surface area contributed by atoms with Crippen LogP contribution < -0.4 is 14.4 Å². The number of ether oxygens (including phenoxy) is 2. The predicted molar refractivity (Wildman–Crippen MR) is 105 cm³/mol. The highest BCUT2D eigenvalue weighted by Gasteiger charge is 2.27. The Hall–Kier alpha value is -2.79. The zero-order valence-electron chi connectivity index (χ0n) is 15.2. The van der Waals surface area contributed by atoms with Gasteiger partial charge < -0.3 is 14.4 Å². The Labute approximate surface area is 163 Å². The summed E-state index contributed by atoms with van der Waals surface area (Å²) in [5.41, 5.74) is 1.78. The van der Waals surface area contributed by atoms with Crippen molar-refractivity contribution in [3.05, 3.63) is 65.2 Å². The Balaban J connectivity index is 1.93. The molecule has 0 saturated heterocycles. The van der Waals surface area contributed by atoms with Crippen molar-refractivity contribution in [2.45, 2.75) is 12.8 Å². The highest BCUT2D eigenvalue weighted by atomic mass is 35.5. The molecule has 1 unspecified atom stereocenters. The van der Waals surface area contributed by atoms with E-state index in [-0.39, 0.29) is 18.3 Å². The highest BCUT2D eigenvalue weighted by molar-refractivity contribution is 6.32. The van der Waals surface area contributed by atoms with E-state index in [0.29, 0.717) is 34.3 Å². The molecule has 0 bridgehead atoms. The van der Waals surface area contributed by atoms with E-state index >= 15 is 0 Å². The summed E-state index contributed by atoms with van der Waals surface area (Å²) in [6, 6.07) is 10.4. The van der Waals surface area contributed by atoms with Gasteiger partial charge in [0, 0.05) is 23.0 Å². The fourth-order valence-electron chi connectivity index (χ4n) is 3.06. The standard InChI is InChI=1S/C21H20ClNO4/c1-4-9-23-18-10-14(5-8-19(18)27-12-20(23)24)21(25)13(2)16-7-6-15(26-3)11-17(16)22/h4-8,10-11,13H,1,9,12H2,2-3H3. The SMILES string of the molecule is C=CCN1C(=O)COc2ccc(C(=O)C(C)c3ccc(OC)cc3Cl)cc21. The van der Waals surface area contributed by atoms with Gasteiger partial charge in [0.25, 0.3) is 5.91 Å². The summed E-state index contributed by atoms with van der Waals surface area (Å²) in [4.78, 5) is 26.7. The number of benzene rings is 2. The van der Waals surface area contributed by atoms with Gasteiger partial charge in [0.05, 0.1) is 12.8 Å².